The minimum absolute atomic E-state index is 0.243. The lowest BCUT2D eigenvalue weighted by Crippen LogP contribution is -2.06. The first-order valence-electron chi connectivity index (χ1n) is 4.07. The molecule has 0 N–H and O–H groups in total. The fourth-order valence-corrected chi connectivity index (χ4v) is 0.864. The summed E-state index contributed by atoms with van der Waals surface area (Å²) in [6.07, 6.45) is 0. The number of esters is 1. The quantitative estimate of drug-likeness (QED) is 0.645. The molecule has 1 aromatic rings. The van der Waals surface area contributed by atoms with Gasteiger partial charge in [-0.1, -0.05) is 13.8 Å². The van der Waals surface area contributed by atoms with Gasteiger partial charge in [0.25, 0.3) is 0 Å². The fraction of sp³-hybridized carbons (Fsp3) is 0.444. The van der Waals surface area contributed by atoms with Gasteiger partial charge in [0.1, 0.15) is 0 Å². The number of carbonyl (C=O) groups is 1. The standard InChI is InChI=1S/C9H12N2O2/c1-6(2)7-4-5-8(11-10-7)9(12)13-3/h4-6H,1-3H3. The normalized spacial score (nSPS) is 10.2. The Morgan fingerprint density at radius 3 is 2.46 bits per heavy atom. The van der Waals surface area contributed by atoms with Crippen LogP contribution in [0.15, 0.2) is 12.1 Å². The highest BCUT2D eigenvalue weighted by molar-refractivity contribution is 5.86. The Kier molecular flexibility index (Phi) is 2.95. The molecule has 70 valence electrons. The molecule has 0 amide bonds. The van der Waals surface area contributed by atoms with Crippen molar-refractivity contribution in [1.82, 2.24) is 10.2 Å². The third kappa shape index (κ3) is 2.24. The second-order valence-corrected chi connectivity index (χ2v) is 2.99. The molecule has 0 fully saturated rings. The van der Waals surface area contributed by atoms with Gasteiger partial charge >= 0.3 is 5.97 Å². The highest BCUT2D eigenvalue weighted by atomic mass is 16.5. The van der Waals surface area contributed by atoms with E-state index in [4.69, 9.17) is 0 Å². The molecule has 0 bridgehead atoms. The first kappa shape index (κ1) is 9.64. The van der Waals surface area contributed by atoms with Gasteiger partial charge in [-0.3, -0.25) is 0 Å². The summed E-state index contributed by atoms with van der Waals surface area (Å²) >= 11 is 0. The van der Waals surface area contributed by atoms with Crippen LogP contribution in [0, 0.1) is 0 Å². The molecule has 1 rings (SSSR count). The Hall–Kier alpha value is -1.45. The molecule has 0 spiro atoms. The van der Waals surface area contributed by atoms with Gasteiger partial charge in [0.2, 0.25) is 0 Å². The molecule has 0 saturated heterocycles. The summed E-state index contributed by atoms with van der Waals surface area (Å²) < 4.78 is 4.50. The molecule has 4 heteroatoms. The maximum Gasteiger partial charge on any atom is 0.358 e. The molecule has 13 heavy (non-hydrogen) atoms. The summed E-state index contributed by atoms with van der Waals surface area (Å²) in [6, 6.07) is 3.40. The van der Waals surface area contributed by atoms with Crippen LogP contribution in [-0.4, -0.2) is 23.3 Å². The van der Waals surface area contributed by atoms with Crippen molar-refractivity contribution in [1.29, 1.82) is 0 Å². The Morgan fingerprint density at radius 1 is 1.38 bits per heavy atom. The average Bonchev–Trinajstić information content (AvgIpc) is 2.17. The van der Waals surface area contributed by atoms with Gasteiger partial charge in [0.05, 0.1) is 12.8 Å². The molecular weight excluding hydrogens is 168 g/mol. The van der Waals surface area contributed by atoms with E-state index in [1.807, 2.05) is 13.8 Å². The van der Waals surface area contributed by atoms with Crippen molar-refractivity contribution in [2.24, 2.45) is 0 Å². The Bertz CT molecular complexity index is 293. The zero-order valence-corrected chi connectivity index (χ0v) is 7.94. The van der Waals surface area contributed by atoms with Gasteiger partial charge in [-0.05, 0) is 18.1 Å². The zero-order chi connectivity index (χ0) is 9.84. The topological polar surface area (TPSA) is 52.1 Å². The Morgan fingerprint density at radius 2 is 2.08 bits per heavy atom. The second kappa shape index (κ2) is 3.98. The van der Waals surface area contributed by atoms with Gasteiger partial charge in [-0.2, -0.15) is 5.10 Å². The Balaban J connectivity index is 2.87. The van der Waals surface area contributed by atoms with Gasteiger partial charge in [0.15, 0.2) is 5.69 Å². The SMILES string of the molecule is COC(=O)c1ccc(C(C)C)nn1. The number of hydrogen-bond donors (Lipinski definition) is 0. The van der Waals surface area contributed by atoms with Gasteiger partial charge in [-0.25, -0.2) is 4.79 Å². The molecular formula is C9H12N2O2. The van der Waals surface area contributed by atoms with Crippen LogP contribution in [0.3, 0.4) is 0 Å². The van der Waals surface area contributed by atoms with E-state index in [9.17, 15) is 4.79 Å². The summed E-state index contributed by atoms with van der Waals surface area (Å²) in [5.74, 6) is -0.137. The Labute approximate surface area is 76.9 Å². The van der Waals surface area contributed by atoms with Crippen LogP contribution < -0.4 is 0 Å². The number of methoxy groups -OCH3 is 1. The molecule has 4 nitrogen and oxygen atoms in total. The second-order valence-electron chi connectivity index (χ2n) is 2.99. The van der Waals surface area contributed by atoms with Crippen LogP contribution in [0.25, 0.3) is 0 Å². The zero-order valence-electron chi connectivity index (χ0n) is 7.94. The van der Waals surface area contributed by atoms with Crippen LogP contribution in [-0.2, 0) is 4.74 Å². The van der Waals surface area contributed by atoms with Crippen molar-refractivity contribution in [2.45, 2.75) is 19.8 Å². The first-order chi connectivity index (χ1) is 6.15. The van der Waals surface area contributed by atoms with Crippen molar-refractivity contribution >= 4 is 5.97 Å². The van der Waals surface area contributed by atoms with Crippen molar-refractivity contribution in [3.8, 4) is 0 Å². The van der Waals surface area contributed by atoms with Gasteiger partial charge in [0, 0.05) is 0 Å². The van der Waals surface area contributed by atoms with Crippen LogP contribution in [0.1, 0.15) is 35.9 Å². The minimum Gasteiger partial charge on any atom is -0.464 e. The number of nitrogens with zero attached hydrogens (tertiary/aromatic N) is 2. The number of aromatic nitrogens is 2. The monoisotopic (exact) mass is 180 g/mol. The molecule has 0 aliphatic heterocycles. The van der Waals surface area contributed by atoms with Gasteiger partial charge < -0.3 is 4.74 Å². The maximum atomic E-state index is 11.0. The molecule has 1 aromatic heterocycles. The average molecular weight is 180 g/mol. The van der Waals surface area contributed by atoms with E-state index in [0.717, 1.165) is 5.69 Å². The van der Waals surface area contributed by atoms with E-state index in [1.54, 1.807) is 12.1 Å². The predicted octanol–water partition coefficient (Wildman–Crippen LogP) is 1.39. The highest BCUT2D eigenvalue weighted by Crippen LogP contribution is 2.09. The summed E-state index contributed by atoms with van der Waals surface area (Å²) in [5.41, 5.74) is 1.11. The van der Waals surface area contributed by atoms with Crippen LogP contribution in [0.2, 0.25) is 0 Å². The summed E-state index contributed by atoms with van der Waals surface area (Å²) in [6.45, 7) is 4.03. The van der Waals surface area contributed by atoms with Crippen molar-refractivity contribution in [3.05, 3.63) is 23.5 Å². The largest absolute Gasteiger partial charge is 0.464 e. The van der Waals surface area contributed by atoms with Crippen molar-refractivity contribution in [3.63, 3.8) is 0 Å². The molecule has 0 saturated carbocycles. The summed E-state index contributed by atoms with van der Waals surface area (Å²) in [7, 11) is 1.32. The third-order valence-corrected chi connectivity index (χ3v) is 1.67. The third-order valence-electron chi connectivity index (χ3n) is 1.67. The minimum atomic E-state index is -0.456. The number of ether oxygens (including phenoxy) is 1. The van der Waals surface area contributed by atoms with E-state index in [2.05, 4.69) is 14.9 Å². The summed E-state index contributed by atoms with van der Waals surface area (Å²) in [4.78, 5) is 11.0. The van der Waals surface area contributed by atoms with Crippen LogP contribution in [0.5, 0.6) is 0 Å². The maximum absolute atomic E-state index is 11.0. The van der Waals surface area contributed by atoms with Crippen LogP contribution >= 0.6 is 0 Å². The number of rotatable bonds is 2. The molecule has 0 radical (unpaired) electrons. The number of carbonyl (C=O) groups excluding carboxylic acids is 1. The first-order valence-corrected chi connectivity index (χ1v) is 4.07. The molecule has 0 unspecified atom stereocenters. The molecule has 0 atom stereocenters. The van der Waals surface area contributed by atoms with E-state index in [-0.39, 0.29) is 5.69 Å². The lowest BCUT2D eigenvalue weighted by Gasteiger charge is -2.02. The fourth-order valence-electron chi connectivity index (χ4n) is 0.864. The van der Waals surface area contributed by atoms with E-state index in [1.165, 1.54) is 7.11 Å². The van der Waals surface area contributed by atoms with E-state index in [0.29, 0.717) is 5.92 Å². The molecule has 0 aliphatic rings. The number of hydrogen-bond acceptors (Lipinski definition) is 4. The van der Waals surface area contributed by atoms with Crippen molar-refractivity contribution in [2.75, 3.05) is 7.11 Å². The van der Waals surface area contributed by atoms with Gasteiger partial charge in [-0.15, -0.1) is 5.10 Å². The smallest absolute Gasteiger partial charge is 0.358 e. The van der Waals surface area contributed by atoms with E-state index >= 15 is 0 Å². The lowest BCUT2D eigenvalue weighted by molar-refractivity contribution is 0.0592. The lowest BCUT2D eigenvalue weighted by atomic mass is 10.1. The molecule has 0 aliphatic carbocycles. The summed E-state index contributed by atoms with van der Waals surface area (Å²) in [5, 5.41) is 7.64. The van der Waals surface area contributed by atoms with E-state index < -0.39 is 5.97 Å². The molecule has 1 heterocycles. The highest BCUT2D eigenvalue weighted by Gasteiger charge is 2.08. The molecule has 0 aromatic carbocycles. The van der Waals surface area contributed by atoms with Crippen LogP contribution in [0.4, 0.5) is 0 Å². The van der Waals surface area contributed by atoms with Crippen molar-refractivity contribution < 1.29 is 9.53 Å². The predicted molar refractivity (Wildman–Crippen MR) is 47.5 cm³/mol.